The molecule has 1 aromatic rings. The van der Waals surface area contributed by atoms with Crippen LogP contribution in [-0.4, -0.2) is 44.1 Å². The number of carbonyl (C=O) groups is 1. The minimum absolute atomic E-state index is 0.00945. The summed E-state index contributed by atoms with van der Waals surface area (Å²) < 4.78 is 28.3. The van der Waals surface area contributed by atoms with Gasteiger partial charge in [-0.1, -0.05) is 89.7 Å². The van der Waals surface area contributed by atoms with Crippen LogP contribution in [0.5, 0.6) is 5.75 Å². The molecule has 2 unspecified atom stereocenters. The lowest BCUT2D eigenvalue weighted by Crippen LogP contribution is -2.79. The number of phosphoric ester groups is 1. The smallest absolute Gasteiger partial charge is 0.472 e. The Balaban J connectivity index is 2.25. The van der Waals surface area contributed by atoms with Crippen LogP contribution in [0.25, 0.3) is 0 Å². The van der Waals surface area contributed by atoms with Gasteiger partial charge in [-0.2, -0.15) is 0 Å². The zero-order valence-corrected chi connectivity index (χ0v) is 25.2. The first-order valence-electron chi connectivity index (χ1n) is 15.0. The van der Waals surface area contributed by atoms with Crippen LogP contribution in [0.1, 0.15) is 109 Å². The summed E-state index contributed by atoms with van der Waals surface area (Å²) in [5.74, 6) is 0.662. The van der Waals surface area contributed by atoms with Gasteiger partial charge in [-0.25, -0.2) is 4.57 Å². The molecule has 1 rings (SSSR count). The maximum atomic E-state index is 12.1. The SMILES string of the molecule is CCCCCCCCCCCCCCOc1ccc(CC(COP(=O)(O)OCCC[NH2+]C)CC(C)=O)cc1. The number of Topliss-reactive ketones (excluding diaryl/α,β-unsaturated/α-hetero) is 1. The molecule has 0 bridgehead atoms. The predicted molar refractivity (Wildman–Crippen MR) is 155 cm³/mol. The molecule has 0 fully saturated rings. The number of nitrogens with two attached hydrogens (primary N) is 1. The van der Waals surface area contributed by atoms with E-state index in [0.29, 0.717) is 12.8 Å². The molecule has 0 saturated carbocycles. The van der Waals surface area contributed by atoms with Crippen LogP contribution in [0, 0.1) is 5.92 Å². The Morgan fingerprint density at radius 2 is 1.45 bits per heavy atom. The Labute approximate surface area is 232 Å². The van der Waals surface area contributed by atoms with Crippen molar-refractivity contribution in [3.8, 4) is 5.75 Å². The van der Waals surface area contributed by atoms with Gasteiger partial charge in [-0.15, -0.1) is 0 Å². The number of phosphoric acid groups is 1. The van der Waals surface area contributed by atoms with Crippen molar-refractivity contribution in [2.75, 3.05) is 33.4 Å². The molecule has 0 aromatic heterocycles. The zero-order chi connectivity index (χ0) is 27.9. The molecule has 1 aromatic carbocycles. The lowest BCUT2D eigenvalue weighted by atomic mass is 9.95. The quantitative estimate of drug-likeness (QED) is 0.0983. The van der Waals surface area contributed by atoms with E-state index in [9.17, 15) is 14.3 Å². The van der Waals surface area contributed by atoms with E-state index in [1.54, 1.807) is 0 Å². The molecule has 2 atom stereocenters. The van der Waals surface area contributed by atoms with Crippen LogP contribution in [0.2, 0.25) is 0 Å². The molecule has 220 valence electrons. The van der Waals surface area contributed by atoms with Crippen molar-refractivity contribution >= 4 is 13.6 Å². The Morgan fingerprint density at radius 1 is 0.868 bits per heavy atom. The van der Waals surface area contributed by atoms with Crippen molar-refractivity contribution in [2.45, 2.75) is 110 Å². The van der Waals surface area contributed by atoms with Gasteiger partial charge in [0.1, 0.15) is 11.5 Å². The molecule has 0 amide bonds. The Bertz CT molecular complexity index is 758. The van der Waals surface area contributed by atoms with Crippen LogP contribution in [0.4, 0.5) is 0 Å². The number of unbranched alkanes of at least 4 members (excludes halogenated alkanes) is 11. The zero-order valence-electron chi connectivity index (χ0n) is 24.3. The summed E-state index contributed by atoms with van der Waals surface area (Å²) in [6, 6.07) is 7.88. The maximum Gasteiger partial charge on any atom is 0.472 e. The molecule has 3 N–H and O–H groups in total. The Hall–Kier alpha value is -1.24. The molecular formula is C30H55NO6P+. The van der Waals surface area contributed by atoms with Crippen molar-refractivity contribution in [3.63, 3.8) is 0 Å². The van der Waals surface area contributed by atoms with E-state index in [-0.39, 0.29) is 31.3 Å². The lowest BCUT2D eigenvalue weighted by Gasteiger charge is -2.18. The van der Waals surface area contributed by atoms with E-state index < -0.39 is 7.82 Å². The third kappa shape index (κ3) is 19.8. The summed E-state index contributed by atoms with van der Waals surface area (Å²) >= 11 is 0. The minimum Gasteiger partial charge on any atom is -0.494 e. The minimum atomic E-state index is -4.12. The van der Waals surface area contributed by atoms with Crippen molar-refractivity contribution in [1.82, 2.24) is 0 Å². The molecule has 0 heterocycles. The molecule has 0 aliphatic heterocycles. The van der Waals surface area contributed by atoms with Crippen LogP contribution in [0.3, 0.4) is 0 Å². The number of quaternary nitrogens is 1. The fourth-order valence-corrected chi connectivity index (χ4v) is 5.32. The highest BCUT2D eigenvalue weighted by Crippen LogP contribution is 2.44. The van der Waals surface area contributed by atoms with Gasteiger partial charge < -0.3 is 19.7 Å². The standard InChI is InChI=1S/C30H54NO6P/c1-4-5-6-7-8-9-10-11-12-13-14-15-22-35-30-19-17-28(18-20-30)25-29(24-27(2)32)26-37-38(33,34)36-23-16-21-31-3/h17-20,29,31H,4-16,21-26H2,1-3H3,(H,33,34)/p+1. The maximum absolute atomic E-state index is 12.1. The summed E-state index contributed by atoms with van der Waals surface area (Å²) in [6.07, 6.45) is 17.4. The summed E-state index contributed by atoms with van der Waals surface area (Å²) in [6.45, 7) is 5.48. The Kier molecular flexibility index (Phi) is 20.7. The second-order valence-corrected chi connectivity index (χ2v) is 12.0. The van der Waals surface area contributed by atoms with E-state index in [0.717, 1.165) is 30.9 Å². The van der Waals surface area contributed by atoms with Gasteiger partial charge >= 0.3 is 7.82 Å². The molecule has 0 spiro atoms. The number of benzene rings is 1. The predicted octanol–water partition coefficient (Wildman–Crippen LogP) is 6.62. The third-order valence-electron chi connectivity index (χ3n) is 6.66. The summed E-state index contributed by atoms with van der Waals surface area (Å²) in [4.78, 5) is 21.6. The van der Waals surface area contributed by atoms with Crippen LogP contribution >= 0.6 is 7.82 Å². The van der Waals surface area contributed by atoms with Gasteiger partial charge in [-0.05, 0) is 43.4 Å². The molecule has 38 heavy (non-hydrogen) atoms. The van der Waals surface area contributed by atoms with Gasteiger partial charge in [0.05, 0.1) is 33.4 Å². The average Bonchev–Trinajstić information content (AvgIpc) is 2.88. The van der Waals surface area contributed by atoms with Crippen LogP contribution in [-0.2, 0) is 24.8 Å². The monoisotopic (exact) mass is 556 g/mol. The largest absolute Gasteiger partial charge is 0.494 e. The average molecular weight is 557 g/mol. The van der Waals surface area contributed by atoms with Crippen LogP contribution < -0.4 is 10.1 Å². The fraction of sp³-hybridized carbons (Fsp3) is 0.767. The first-order chi connectivity index (χ1) is 18.4. The van der Waals surface area contributed by atoms with E-state index in [1.807, 2.05) is 36.6 Å². The molecule has 0 radical (unpaired) electrons. The van der Waals surface area contributed by atoms with E-state index in [4.69, 9.17) is 13.8 Å². The number of carbonyl (C=O) groups excluding carboxylic acids is 1. The van der Waals surface area contributed by atoms with Crippen molar-refractivity contribution < 1.29 is 33.4 Å². The van der Waals surface area contributed by atoms with Gasteiger partial charge in [0.15, 0.2) is 0 Å². The molecule has 0 aliphatic carbocycles. The normalized spacial score (nSPS) is 13.8. The van der Waals surface area contributed by atoms with Crippen molar-refractivity contribution in [1.29, 1.82) is 0 Å². The fourth-order valence-electron chi connectivity index (χ4n) is 4.49. The molecule has 0 saturated heterocycles. The second kappa shape index (κ2) is 22.6. The van der Waals surface area contributed by atoms with Crippen LogP contribution in [0.15, 0.2) is 24.3 Å². The molecular weight excluding hydrogens is 501 g/mol. The van der Waals surface area contributed by atoms with Gasteiger partial charge in [-0.3, -0.25) is 9.05 Å². The first-order valence-corrected chi connectivity index (χ1v) is 16.5. The lowest BCUT2D eigenvalue weighted by molar-refractivity contribution is -0.627. The number of hydrogen-bond donors (Lipinski definition) is 2. The third-order valence-corrected chi connectivity index (χ3v) is 7.64. The van der Waals surface area contributed by atoms with Gasteiger partial charge in [0.2, 0.25) is 0 Å². The highest BCUT2D eigenvalue weighted by atomic mass is 31.2. The van der Waals surface area contributed by atoms with Crippen molar-refractivity contribution in [2.24, 2.45) is 5.92 Å². The Morgan fingerprint density at radius 3 is 2.00 bits per heavy atom. The summed E-state index contributed by atoms with van der Waals surface area (Å²) in [7, 11) is -2.19. The summed E-state index contributed by atoms with van der Waals surface area (Å²) in [5.41, 5.74) is 1.03. The number of hydrogen-bond acceptors (Lipinski definition) is 5. The highest BCUT2D eigenvalue weighted by molar-refractivity contribution is 7.47. The summed E-state index contributed by atoms with van der Waals surface area (Å²) in [5, 5.41) is 1.98. The van der Waals surface area contributed by atoms with Gasteiger partial charge in [0, 0.05) is 12.8 Å². The molecule has 7 nitrogen and oxygen atoms in total. The van der Waals surface area contributed by atoms with E-state index in [1.165, 1.54) is 77.6 Å². The topological polar surface area (TPSA) is 98.7 Å². The number of ketones is 1. The van der Waals surface area contributed by atoms with Gasteiger partial charge in [0.25, 0.3) is 0 Å². The molecule has 0 aliphatic rings. The van der Waals surface area contributed by atoms with E-state index >= 15 is 0 Å². The second-order valence-electron chi connectivity index (χ2n) is 10.5. The first kappa shape index (κ1) is 34.8. The number of rotatable bonds is 26. The highest BCUT2D eigenvalue weighted by Gasteiger charge is 2.24. The molecule has 8 heteroatoms. The van der Waals surface area contributed by atoms with E-state index in [2.05, 4.69) is 6.92 Å². The van der Waals surface area contributed by atoms with Crippen molar-refractivity contribution in [3.05, 3.63) is 29.8 Å². The number of ether oxygens (including phenoxy) is 1.